The lowest BCUT2D eigenvalue weighted by Crippen LogP contribution is -2.50. The summed E-state index contributed by atoms with van der Waals surface area (Å²) in [6, 6.07) is 0.0653. The standard InChI is InChI=1S/C13H25N3O3/c1-10(5-6-12(17)18)8-14-13(19)15-11-4-3-7-16(2)9-11/h10-11H,3-9H2,1-2H3,(H,17,18)(H2,14,15,19). The van der Waals surface area contributed by atoms with Crippen molar-refractivity contribution in [1.29, 1.82) is 0 Å². The average molecular weight is 271 g/mol. The summed E-state index contributed by atoms with van der Waals surface area (Å²) in [5.41, 5.74) is 0. The Kier molecular flexibility index (Phi) is 6.62. The minimum Gasteiger partial charge on any atom is -0.481 e. The van der Waals surface area contributed by atoms with Crippen molar-refractivity contribution in [2.24, 2.45) is 5.92 Å². The Balaban J connectivity index is 2.14. The van der Waals surface area contributed by atoms with Gasteiger partial charge in [-0.2, -0.15) is 0 Å². The van der Waals surface area contributed by atoms with Crippen LogP contribution in [0.1, 0.15) is 32.6 Å². The third-order valence-electron chi connectivity index (χ3n) is 3.42. The van der Waals surface area contributed by atoms with Gasteiger partial charge in [0.25, 0.3) is 0 Å². The second kappa shape index (κ2) is 7.99. The Morgan fingerprint density at radius 1 is 1.47 bits per heavy atom. The molecule has 0 aliphatic carbocycles. The summed E-state index contributed by atoms with van der Waals surface area (Å²) in [6.07, 6.45) is 2.86. The number of carboxylic acid groups (broad SMARTS) is 1. The van der Waals surface area contributed by atoms with Crippen molar-refractivity contribution in [2.75, 3.05) is 26.7 Å². The summed E-state index contributed by atoms with van der Waals surface area (Å²) >= 11 is 0. The molecule has 1 fully saturated rings. The number of likely N-dealkylation sites (tertiary alicyclic amines) is 1. The Morgan fingerprint density at radius 2 is 2.21 bits per heavy atom. The minimum atomic E-state index is -0.790. The number of carbonyl (C=O) groups excluding carboxylic acids is 1. The monoisotopic (exact) mass is 271 g/mol. The molecule has 1 rings (SSSR count). The second-order valence-corrected chi connectivity index (χ2v) is 5.49. The van der Waals surface area contributed by atoms with E-state index in [-0.39, 0.29) is 24.4 Å². The number of nitrogens with zero attached hydrogens (tertiary/aromatic N) is 1. The predicted molar refractivity (Wildman–Crippen MR) is 73.1 cm³/mol. The molecular formula is C13H25N3O3. The molecule has 6 nitrogen and oxygen atoms in total. The summed E-state index contributed by atoms with van der Waals surface area (Å²) in [5, 5.41) is 14.3. The van der Waals surface area contributed by atoms with Crippen LogP contribution >= 0.6 is 0 Å². The first-order valence-corrected chi connectivity index (χ1v) is 6.92. The van der Waals surface area contributed by atoms with Crippen molar-refractivity contribution in [3.63, 3.8) is 0 Å². The predicted octanol–water partition coefficient (Wildman–Crippen LogP) is 0.881. The van der Waals surface area contributed by atoms with Crippen molar-refractivity contribution in [3.8, 4) is 0 Å². The van der Waals surface area contributed by atoms with E-state index in [9.17, 15) is 9.59 Å². The van der Waals surface area contributed by atoms with Crippen LogP contribution in [0.2, 0.25) is 0 Å². The number of amides is 2. The normalized spacial score (nSPS) is 21.7. The Labute approximate surface area is 114 Å². The van der Waals surface area contributed by atoms with Gasteiger partial charge in [0.15, 0.2) is 0 Å². The largest absolute Gasteiger partial charge is 0.481 e. The van der Waals surface area contributed by atoms with Crippen LogP contribution in [0.15, 0.2) is 0 Å². The number of urea groups is 1. The number of piperidine rings is 1. The zero-order valence-electron chi connectivity index (χ0n) is 11.8. The molecule has 1 saturated heterocycles. The molecule has 0 aromatic rings. The number of aliphatic carboxylic acids is 1. The van der Waals surface area contributed by atoms with Gasteiger partial charge < -0.3 is 20.6 Å². The first-order chi connectivity index (χ1) is 8.97. The molecule has 0 spiro atoms. The summed E-state index contributed by atoms with van der Waals surface area (Å²) in [7, 11) is 2.06. The molecule has 2 atom stereocenters. The van der Waals surface area contributed by atoms with Crippen LogP contribution in [0, 0.1) is 5.92 Å². The number of likely N-dealkylation sites (N-methyl/N-ethyl adjacent to an activating group) is 1. The second-order valence-electron chi connectivity index (χ2n) is 5.49. The molecule has 110 valence electrons. The van der Waals surface area contributed by atoms with E-state index < -0.39 is 5.97 Å². The molecule has 0 saturated carbocycles. The molecule has 1 heterocycles. The van der Waals surface area contributed by atoms with Gasteiger partial charge >= 0.3 is 12.0 Å². The van der Waals surface area contributed by atoms with Crippen LogP contribution in [0.5, 0.6) is 0 Å². The van der Waals surface area contributed by atoms with Gasteiger partial charge in [-0.3, -0.25) is 4.79 Å². The van der Waals surface area contributed by atoms with Crippen molar-refractivity contribution >= 4 is 12.0 Å². The fourth-order valence-electron chi connectivity index (χ4n) is 2.26. The molecule has 0 aromatic carbocycles. The van der Waals surface area contributed by atoms with Gasteiger partial charge in [0.1, 0.15) is 0 Å². The van der Waals surface area contributed by atoms with Gasteiger partial charge in [0.05, 0.1) is 0 Å². The minimum absolute atomic E-state index is 0.150. The number of carbonyl (C=O) groups is 2. The molecule has 19 heavy (non-hydrogen) atoms. The maximum absolute atomic E-state index is 11.7. The molecule has 2 unspecified atom stereocenters. The average Bonchev–Trinajstić information content (AvgIpc) is 2.34. The lowest BCUT2D eigenvalue weighted by Gasteiger charge is -2.30. The summed E-state index contributed by atoms with van der Waals surface area (Å²) in [5.74, 6) is -0.613. The third kappa shape index (κ3) is 7.00. The highest BCUT2D eigenvalue weighted by Crippen LogP contribution is 2.08. The molecule has 0 bridgehead atoms. The molecular weight excluding hydrogens is 246 g/mol. The molecule has 3 N–H and O–H groups in total. The third-order valence-corrected chi connectivity index (χ3v) is 3.42. The van der Waals surface area contributed by atoms with Gasteiger partial charge in [-0.15, -0.1) is 0 Å². The number of rotatable bonds is 6. The topological polar surface area (TPSA) is 81.7 Å². The Bertz CT molecular complexity index is 310. The summed E-state index contributed by atoms with van der Waals surface area (Å²) < 4.78 is 0. The summed E-state index contributed by atoms with van der Waals surface area (Å²) in [4.78, 5) is 24.3. The smallest absolute Gasteiger partial charge is 0.315 e. The van der Waals surface area contributed by atoms with Gasteiger partial charge in [-0.25, -0.2) is 4.79 Å². The molecule has 0 radical (unpaired) electrons. The van der Waals surface area contributed by atoms with Crippen LogP contribution in [0.4, 0.5) is 4.79 Å². The molecule has 0 aromatic heterocycles. The highest BCUT2D eigenvalue weighted by Gasteiger charge is 2.18. The van der Waals surface area contributed by atoms with Crippen molar-refractivity contribution in [3.05, 3.63) is 0 Å². The number of hydrogen-bond donors (Lipinski definition) is 3. The number of hydrogen-bond acceptors (Lipinski definition) is 3. The molecule has 6 heteroatoms. The van der Waals surface area contributed by atoms with E-state index in [1.54, 1.807) is 0 Å². The fourth-order valence-corrected chi connectivity index (χ4v) is 2.26. The van der Waals surface area contributed by atoms with Crippen LogP contribution < -0.4 is 10.6 Å². The number of carboxylic acids is 1. The van der Waals surface area contributed by atoms with Crippen LogP contribution in [0.25, 0.3) is 0 Å². The van der Waals surface area contributed by atoms with Crippen LogP contribution in [-0.2, 0) is 4.79 Å². The van der Waals surface area contributed by atoms with Crippen LogP contribution in [0.3, 0.4) is 0 Å². The fraction of sp³-hybridized carbons (Fsp3) is 0.846. The number of nitrogens with one attached hydrogen (secondary N) is 2. The van der Waals surface area contributed by atoms with E-state index in [1.165, 1.54) is 0 Å². The van der Waals surface area contributed by atoms with E-state index in [4.69, 9.17) is 5.11 Å². The van der Waals surface area contributed by atoms with Crippen LogP contribution in [-0.4, -0.2) is 54.7 Å². The van der Waals surface area contributed by atoms with Crippen molar-refractivity contribution in [1.82, 2.24) is 15.5 Å². The lowest BCUT2D eigenvalue weighted by atomic mass is 10.1. The van der Waals surface area contributed by atoms with Gasteiger partial charge in [0.2, 0.25) is 0 Å². The van der Waals surface area contributed by atoms with Crippen molar-refractivity contribution in [2.45, 2.75) is 38.6 Å². The Hall–Kier alpha value is -1.30. The Morgan fingerprint density at radius 3 is 2.84 bits per heavy atom. The maximum Gasteiger partial charge on any atom is 0.315 e. The molecule has 2 amide bonds. The maximum atomic E-state index is 11.7. The first kappa shape index (κ1) is 15.8. The quantitative estimate of drug-likeness (QED) is 0.670. The highest BCUT2D eigenvalue weighted by molar-refractivity contribution is 5.74. The van der Waals surface area contributed by atoms with E-state index >= 15 is 0 Å². The van der Waals surface area contributed by atoms with E-state index in [1.807, 2.05) is 6.92 Å². The first-order valence-electron chi connectivity index (χ1n) is 6.92. The zero-order valence-corrected chi connectivity index (χ0v) is 11.8. The van der Waals surface area contributed by atoms with E-state index in [0.29, 0.717) is 13.0 Å². The van der Waals surface area contributed by atoms with Crippen molar-refractivity contribution < 1.29 is 14.7 Å². The van der Waals surface area contributed by atoms with E-state index in [2.05, 4.69) is 22.6 Å². The van der Waals surface area contributed by atoms with E-state index in [0.717, 1.165) is 25.9 Å². The SMILES string of the molecule is CC(CCC(=O)O)CNC(=O)NC1CCCN(C)C1. The van der Waals surface area contributed by atoms with Gasteiger partial charge in [-0.05, 0) is 38.8 Å². The van der Waals surface area contributed by atoms with Gasteiger partial charge in [-0.1, -0.05) is 6.92 Å². The van der Waals surface area contributed by atoms with Gasteiger partial charge in [0, 0.05) is 25.6 Å². The highest BCUT2D eigenvalue weighted by atomic mass is 16.4. The molecule has 1 aliphatic heterocycles. The lowest BCUT2D eigenvalue weighted by molar-refractivity contribution is -0.137. The molecule has 1 aliphatic rings. The summed E-state index contributed by atoms with van der Waals surface area (Å²) in [6.45, 7) is 4.44. The zero-order chi connectivity index (χ0) is 14.3.